The lowest BCUT2D eigenvalue weighted by molar-refractivity contribution is -0.122. The molecule has 4 aromatic carbocycles. The van der Waals surface area contributed by atoms with E-state index < -0.39 is 36.5 Å². The minimum absolute atomic E-state index is 0.289. The molecule has 7 nitrogen and oxygen atoms in total. The van der Waals surface area contributed by atoms with Crippen LogP contribution in [0.4, 0.5) is 5.69 Å². The molecular formula is C30H23N2O5P. The molecule has 6 rings (SSSR count). The Morgan fingerprint density at radius 3 is 1.66 bits per heavy atom. The molecule has 38 heavy (non-hydrogen) atoms. The topological polar surface area (TPSA) is 85.3 Å². The summed E-state index contributed by atoms with van der Waals surface area (Å²) in [5.74, 6) is -2.44. The van der Waals surface area contributed by atoms with Crippen molar-refractivity contribution < 1.29 is 23.2 Å². The quantitative estimate of drug-likeness (QED) is 0.217. The molecule has 0 aliphatic carbocycles. The lowest BCUT2D eigenvalue weighted by Crippen LogP contribution is -2.41. The van der Waals surface area contributed by atoms with Crippen LogP contribution in [-0.2, 0) is 19.4 Å². The van der Waals surface area contributed by atoms with Gasteiger partial charge >= 0.3 is 7.60 Å². The molecule has 0 N–H and O–H groups in total. The van der Waals surface area contributed by atoms with Crippen LogP contribution in [0, 0.1) is 11.8 Å². The first kappa shape index (κ1) is 23.9. The monoisotopic (exact) mass is 522 g/mol. The number of carbonyl (C=O) groups is 2. The number of rotatable bonds is 7. The highest BCUT2D eigenvalue weighted by atomic mass is 31.2. The number of hydrogen-bond donors (Lipinski definition) is 0. The summed E-state index contributed by atoms with van der Waals surface area (Å²) in [5.41, 5.74) is 0.894. The lowest BCUT2D eigenvalue weighted by Gasteiger charge is -2.37. The number of amides is 2. The van der Waals surface area contributed by atoms with Crippen molar-refractivity contribution in [1.29, 1.82) is 0 Å². The maximum atomic E-state index is 15.3. The number of hydrogen-bond acceptors (Lipinski definition) is 6. The number of anilines is 1. The molecule has 0 aromatic heterocycles. The maximum absolute atomic E-state index is 15.3. The first-order valence-corrected chi connectivity index (χ1v) is 13.7. The smallest absolute Gasteiger partial charge is 0.414 e. The van der Waals surface area contributed by atoms with Crippen LogP contribution in [0.2, 0.25) is 0 Å². The number of aliphatic imine (C=N–C) groups is 1. The third kappa shape index (κ3) is 3.75. The molecule has 8 heteroatoms. The fourth-order valence-corrected chi connectivity index (χ4v) is 7.51. The van der Waals surface area contributed by atoms with Crippen molar-refractivity contribution in [2.75, 3.05) is 4.90 Å². The molecule has 4 aromatic rings. The number of carbonyl (C=O) groups excluding carboxylic acids is 2. The minimum Gasteiger partial charge on any atom is -0.414 e. The van der Waals surface area contributed by atoms with Gasteiger partial charge in [-0.25, -0.2) is 9.46 Å². The largest absolute Gasteiger partial charge is 0.463 e. The average Bonchev–Trinajstić information content (AvgIpc) is 3.48. The number of para-hydroxylation sites is 3. The molecule has 2 heterocycles. The van der Waals surface area contributed by atoms with Crippen molar-refractivity contribution in [3.63, 3.8) is 0 Å². The SMILES string of the molecule is O=C1[C@@H]2[C@@H](C=N[C@@]2(c2ccccc2)P(=O)(Oc2ccccc2)Oc2ccccc2)C(=O)N1c1ccccc1. The number of fused-ring (bicyclic) bond motifs is 1. The van der Waals surface area contributed by atoms with Crippen LogP contribution in [0.5, 0.6) is 11.5 Å². The lowest BCUT2D eigenvalue weighted by atomic mass is 9.87. The minimum atomic E-state index is -4.41. The molecule has 0 unspecified atom stereocenters. The standard InChI is InChI=1S/C30H23N2O5P/c33-28-26-21-31-30(22-13-5-1-6-14-22,27(26)29(34)32(28)23-15-7-2-8-16-23)38(35,36-24-17-9-3-10-18-24)37-25-19-11-4-12-20-25/h1-21,26-27H/t26-,27+,30+/m1/s1. The average molecular weight is 522 g/mol. The highest BCUT2D eigenvalue weighted by Gasteiger charge is 2.71. The summed E-state index contributed by atoms with van der Waals surface area (Å²) in [6.07, 6.45) is 1.43. The molecule has 1 fully saturated rings. The summed E-state index contributed by atoms with van der Waals surface area (Å²) in [5, 5.41) is -1.82. The maximum Gasteiger partial charge on any atom is 0.463 e. The van der Waals surface area contributed by atoms with E-state index in [-0.39, 0.29) is 11.5 Å². The highest BCUT2D eigenvalue weighted by molar-refractivity contribution is 7.56. The number of benzene rings is 4. The number of nitrogens with zero attached hydrogens (tertiary/aromatic N) is 2. The molecule has 3 atom stereocenters. The summed E-state index contributed by atoms with van der Waals surface area (Å²) < 4.78 is 27.7. The molecule has 0 bridgehead atoms. The van der Waals surface area contributed by atoms with Crippen LogP contribution < -0.4 is 13.9 Å². The van der Waals surface area contributed by atoms with Crippen LogP contribution in [0.1, 0.15) is 5.56 Å². The Morgan fingerprint density at radius 1 is 0.658 bits per heavy atom. The molecule has 2 amide bonds. The van der Waals surface area contributed by atoms with Gasteiger partial charge in [0, 0.05) is 6.21 Å². The third-order valence-corrected chi connectivity index (χ3v) is 9.17. The zero-order chi connectivity index (χ0) is 26.2. The fourth-order valence-electron chi connectivity index (χ4n) is 5.11. The summed E-state index contributed by atoms with van der Waals surface area (Å²) in [7, 11) is -4.41. The first-order valence-electron chi connectivity index (χ1n) is 12.2. The first-order chi connectivity index (χ1) is 18.5. The van der Waals surface area contributed by atoms with E-state index in [2.05, 4.69) is 0 Å². The predicted molar refractivity (Wildman–Crippen MR) is 144 cm³/mol. The van der Waals surface area contributed by atoms with Gasteiger partial charge in [0.25, 0.3) is 0 Å². The van der Waals surface area contributed by atoms with Crippen molar-refractivity contribution in [2.45, 2.75) is 5.28 Å². The summed E-state index contributed by atoms with van der Waals surface area (Å²) in [4.78, 5) is 33.6. The van der Waals surface area contributed by atoms with Crippen molar-refractivity contribution in [3.05, 3.63) is 127 Å². The normalized spacial score (nSPS) is 22.4. The van der Waals surface area contributed by atoms with Crippen molar-refractivity contribution in [3.8, 4) is 11.5 Å². The van der Waals surface area contributed by atoms with Crippen molar-refractivity contribution >= 4 is 31.3 Å². The van der Waals surface area contributed by atoms with Gasteiger partial charge in [-0.1, -0.05) is 84.9 Å². The van der Waals surface area contributed by atoms with Crippen molar-refractivity contribution in [2.24, 2.45) is 16.8 Å². The molecule has 0 saturated carbocycles. The molecule has 2 aliphatic rings. The second-order valence-corrected chi connectivity index (χ2v) is 11.1. The van der Waals surface area contributed by atoms with Crippen LogP contribution >= 0.6 is 7.60 Å². The van der Waals surface area contributed by atoms with E-state index in [1.165, 1.54) is 6.21 Å². The van der Waals surface area contributed by atoms with Gasteiger partial charge in [-0.2, -0.15) is 0 Å². The van der Waals surface area contributed by atoms with Gasteiger partial charge in [0.15, 0.2) is 0 Å². The summed E-state index contributed by atoms with van der Waals surface area (Å²) in [6.45, 7) is 0. The Balaban J connectivity index is 1.56. The van der Waals surface area contributed by atoms with Gasteiger partial charge in [-0.3, -0.25) is 14.6 Å². The Kier molecular flexibility index (Phi) is 5.93. The second-order valence-electron chi connectivity index (χ2n) is 9.03. The zero-order valence-corrected chi connectivity index (χ0v) is 21.1. The molecule has 1 saturated heterocycles. The molecule has 2 aliphatic heterocycles. The van der Waals surface area contributed by atoms with Crippen LogP contribution in [0.15, 0.2) is 126 Å². The highest BCUT2D eigenvalue weighted by Crippen LogP contribution is 2.71. The van der Waals surface area contributed by atoms with Crippen LogP contribution in [0.3, 0.4) is 0 Å². The molecule has 0 radical (unpaired) electrons. The fraction of sp³-hybridized carbons (Fsp3) is 0.100. The second kappa shape index (κ2) is 9.43. The van der Waals surface area contributed by atoms with Gasteiger partial charge in [0.2, 0.25) is 17.1 Å². The third-order valence-electron chi connectivity index (χ3n) is 6.78. The Labute approximate surface area is 219 Å². The predicted octanol–water partition coefficient (Wildman–Crippen LogP) is 6.08. The van der Waals surface area contributed by atoms with E-state index in [0.717, 1.165) is 4.90 Å². The molecule has 0 spiro atoms. The molecular weight excluding hydrogens is 499 g/mol. The number of imide groups is 1. The summed E-state index contributed by atoms with van der Waals surface area (Å²) in [6, 6.07) is 34.8. The van der Waals surface area contributed by atoms with Gasteiger partial charge in [0.1, 0.15) is 11.5 Å². The van der Waals surface area contributed by atoms with Gasteiger partial charge < -0.3 is 9.05 Å². The Bertz CT molecular complexity index is 1500. The van der Waals surface area contributed by atoms with Gasteiger partial charge in [0.05, 0.1) is 17.5 Å². The zero-order valence-electron chi connectivity index (χ0n) is 20.2. The van der Waals surface area contributed by atoms with E-state index in [4.69, 9.17) is 14.0 Å². The van der Waals surface area contributed by atoms with Crippen molar-refractivity contribution in [1.82, 2.24) is 0 Å². The van der Waals surface area contributed by atoms with E-state index in [9.17, 15) is 9.59 Å². The summed E-state index contributed by atoms with van der Waals surface area (Å²) >= 11 is 0. The Hall–Kier alpha value is -4.48. The van der Waals surface area contributed by atoms with E-state index in [1.54, 1.807) is 103 Å². The van der Waals surface area contributed by atoms with E-state index in [0.29, 0.717) is 11.3 Å². The van der Waals surface area contributed by atoms with Crippen LogP contribution in [-0.4, -0.2) is 18.0 Å². The van der Waals surface area contributed by atoms with E-state index >= 15 is 4.57 Å². The van der Waals surface area contributed by atoms with Gasteiger partial charge in [-0.15, -0.1) is 0 Å². The van der Waals surface area contributed by atoms with E-state index in [1.807, 2.05) is 18.2 Å². The molecule has 188 valence electrons. The Morgan fingerprint density at radius 2 is 1.13 bits per heavy atom. The van der Waals surface area contributed by atoms with Gasteiger partial charge in [-0.05, 0) is 42.0 Å². The van der Waals surface area contributed by atoms with Crippen LogP contribution in [0.25, 0.3) is 0 Å².